The highest BCUT2D eigenvalue weighted by atomic mass is 35.5. The van der Waals surface area contributed by atoms with Gasteiger partial charge in [0.25, 0.3) is 0 Å². The fraction of sp³-hybridized carbons (Fsp3) is 0. The quantitative estimate of drug-likeness (QED) is 0.840. The minimum absolute atomic E-state index is 0.0302. The number of halogens is 3. The summed E-state index contributed by atoms with van der Waals surface area (Å²) in [7, 11) is 0. The Hall–Kier alpha value is -1.23. The van der Waals surface area contributed by atoms with Crippen molar-refractivity contribution in [1.82, 2.24) is 0 Å². The molecule has 1 aromatic carbocycles. The number of hydrogen-bond donors (Lipinski definition) is 2. The van der Waals surface area contributed by atoms with Gasteiger partial charge in [-0.05, 0) is 12.1 Å². The van der Waals surface area contributed by atoms with E-state index in [1.54, 1.807) is 0 Å². The van der Waals surface area contributed by atoms with Crippen molar-refractivity contribution in [2.45, 2.75) is 0 Å². The second kappa shape index (κ2) is 5.40. The molecule has 0 aliphatic carbocycles. The van der Waals surface area contributed by atoms with E-state index in [9.17, 15) is 9.59 Å². The summed E-state index contributed by atoms with van der Waals surface area (Å²) in [4.78, 5) is 21.5. The van der Waals surface area contributed by atoms with Gasteiger partial charge in [0, 0.05) is 16.7 Å². The van der Waals surface area contributed by atoms with Gasteiger partial charge < -0.3 is 10.2 Å². The first-order valence-electron chi connectivity index (χ1n) is 4.15. The summed E-state index contributed by atoms with van der Waals surface area (Å²) in [5.41, 5.74) is -0.586. The molecule has 7 heteroatoms. The van der Waals surface area contributed by atoms with Gasteiger partial charge >= 0.3 is 11.9 Å². The number of carboxylic acids is 2. The molecule has 0 aliphatic heterocycles. The topological polar surface area (TPSA) is 74.6 Å². The van der Waals surface area contributed by atoms with E-state index in [0.717, 1.165) is 0 Å². The van der Waals surface area contributed by atoms with Crippen LogP contribution >= 0.6 is 34.8 Å². The molecule has 1 aromatic rings. The van der Waals surface area contributed by atoms with E-state index in [1.807, 2.05) is 0 Å². The molecule has 0 fully saturated rings. The van der Waals surface area contributed by atoms with Crippen molar-refractivity contribution in [1.29, 1.82) is 0 Å². The van der Waals surface area contributed by atoms with Gasteiger partial charge in [-0.2, -0.15) is 0 Å². The Labute approximate surface area is 111 Å². The van der Waals surface area contributed by atoms with Gasteiger partial charge in [0.05, 0.1) is 15.6 Å². The summed E-state index contributed by atoms with van der Waals surface area (Å²) in [6, 6.07) is 2.56. The number of carbonyl (C=O) groups is 2. The maximum atomic E-state index is 10.9. The molecule has 0 radical (unpaired) electrons. The molecule has 0 atom stereocenters. The van der Waals surface area contributed by atoms with Crippen molar-refractivity contribution in [2.75, 3.05) is 0 Å². The van der Waals surface area contributed by atoms with E-state index < -0.39 is 17.5 Å². The highest BCUT2D eigenvalue weighted by Crippen LogP contribution is 2.34. The van der Waals surface area contributed by atoms with E-state index >= 15 is 0 Å². The molecule has 0 heterocycles. The summed E-state index contributed by atoms with van der Waals surface area (Å²) in [5.74, 6) is -2.86. The fourth-order valence-electron chi connectivity index (χ4n) is 1.16. The van der Waals surface area contributed by atoms with Crippen molar-refractivity contribution in [2.24, 2.45) is 0 Å². The lowest BCUT2D eigenvalue weighted by Gasteiger charge is -2.07. The molecular formula is C10H5Cl3O4. The lowest BCUT2D eigenvalue weighted by Crippen LogP contribution is -2.04. The molecule has 90 valence electrons. The van der Waals surface area contributed by atoms with Crippen LogP contribution in [-0.4, -0.2) is 22.2 Å². The first-order valence-corrected chi connectivity index (χ1v) is 5.29. The van der Waals surface area contributed by atoms with E-state index in [2.05, 4.69) is 0 Å². The normalized spacial score (nSPS) is 11.4. The van der Waals surface area contributed by atoms with Gasteiger partial charge in [-0.25, -0.2) is 9.59 Å². The summed E-state index contributed by atoms with van der Waals surface area (Å²) in [6.45, 7) is 0. The third kappa shape index (κ3) is 3.36. The minimum Gasteiger partial charge on any atom is -0.478 e. The molecule has 0 saturated heterocycles. The van der Waals surface area contributed by atoms with Crippen LogP contribution in [0.1, 0.15) is 5.56 Å². The first kappa shape index (κ1) is 13.8. The monoisotopic (exact) mass is 294 g/mol. The molecule has 0 spiro atoms. The number of aliphatic carboxylic acids is 2. The Bertz CT molecular complexity index is 499. The van der Waals surface area contributed by atoms with Gasteiger partial charge in [-0.3, -0.25) is 0 Å². The van der Waals surface area contributed by atoms with Crippen LogP contribution in [0.4, 0.5) is 0 Å². The van der Waals surface area contributed by atoms with Crippen LogP contribution in [0.5, 0.6) is 0 Å². The molecule has 0 aromatic heterocycles. The summed E-state index contributed by atoms with van der Waals surface area (Å²) in [6.07, 6.45) is 0.517. The Morgan fingerprint density at radius 1 is 1.06 bits per heavy atom. The predicted octanol–water partition coefficient (Wildman–Crippen LogP) is 3.20. The van der Waals surface area contributed by atoms with Crippen LogP contribution in [0.2, 0.25) is 15.1 Å². The SMILES string of the molecule is O=C(O)/C=C(\C(=O)O)c1c(Cl)cc(Cl)cc1Cl. The van der Waals surface area contributed by atoms with Crippen LogP contribution < -0.4 is 0 Å². The van der Waals surface area contributed by atoms with E-state index in [1.165, 1.54) is 12.1 Å². The zero-order valence-corrected chi connectivity index (χ0v) is 10.3. The second-order valence-corrected chi connectivity index (χ2v) is 4.20. The largest absolute Gasteiger partial charge is 0.478 e. The fourth-order valence-corrected chi connectivity index (χ4v) is 2.18. The maximum absolute atomic E-state index is 10.9. The molecular weight excluding hydrogens is 290 g/mol. The Balaban J connectivity index is 3.50. The highest BCUT2D eigenvalue weighted by molar-refractivity contribution is 6.42. The van der Waals surface area contributed by atoms with Crippen LogP contribution in [0.15, 0.2) is 18.2 Å². The Kier molecular flexibility index (Phi) is 4.40. The van der Waals surface area contributed by atoms with Crippen LogP contribution in [0.3, 0.4) is 0 Å². The second-order valence-electron chi connectivity index (χ2n) is 2.95. The van der Waals surface area contributed by atoms with E-state index in [0.29, 0.717) is 6.08 Å². The van der Waals surface area contributed by atoms with Crippen molar-refractivity contribution in [3.8, 4) is 0 Å². The number of rotatable bonds is 3. The smallest absolute Gasteiger partial charge is 0.336 e. The van der Waals surface area contributed by atoms with Crippen molar-refractivity contribution in [3.63, 3.8) is 0 Å². The van der Waals surface area contributed by atoms with Gasteiger partial charge in [0.15, 0.2) is 0 Å². The molecule has 0 unspecified atom stereocenters. The zero-order valence-electron chi connectivity index (χ0n) is 8.08. The van der Waals surface area contributed by atoms with E-state index in [-0.39, 0.29) is 20.6 Å². The molecule has 1 rings (SSSR count). The Morgan fingerprint density at radius 2 is 1.53 bits per heavy atom. The average molecular weight is 296 g/mol. The van der Waals surface area contributed by atoms with Crippen molar-refractivity contribution < 1.29 is 19.8 Å². The maximum Gasteiger partial charge on any atom is 0.336 e. The molecule has 0 bridgehead atoms. The third-order valence-electron chi connectivity index (χ3n) is 1.77. The third-order valence-corrected chi connectivity index (χ3v) is 2.59. The zero-order chi connectivity index (χ0) is 13.2. The standard InChI is InChI=1S/C10H5Cl3O4/c11-4-1-6(12)9(7(13)2-4)5(10(16)17)3-8(14)15/h1-3H,(H,14,15)(H,16,17)/b5-3-. The minimum atomic E-state index is -1.45. The summed E-state index contributed by atoms with van der Waals surface area (Å²) < 4.78 is 0. The molecule has 0 amide bonds. The van der Waals surface area contributed by atoms with Crippen molar-refractivity contribution >= 4 is 52.3 Å². The lowest BCUT2D eigenvalue weighted by atomic mass is 10.1. The molecule has 4 nitrogen and oxygen atoms in total. The predicted molar refractivity (Wildman–Crippen MR) is 64.7 cm³/mol. The van der Waals surface area contributed by atoms with E-state index in [4.69, 9.17) is 45.0 Å². The lowest BCUT2D eigenvalue weighted by molar-refractivity contribution is -0.133. The first-order chi connectivity index (χ1) is 7.82. The van der Waals surface area contributed by atoms with Gasteiger partial charge in [-0.15, -0.1) is 0 Å². The number of benzene rings is 1. The van der Waals surface area contributed by atoms with Crippen LogP contribution in [0, 0.1) is 0 Å². The highest BCUT2D eigenvalue weighted by Gasteiger charge is 2.19. The molecule has 17 heavy (non-hydrogen) atoms. The van der Waals surface area contributed by atoms with Gasteiger partial charge in [-0.1, -0.05) is 34.8 Å². The van der Waals surface area contributed by atoms with Gasteiger partial charge in [0.2, 0.25) is 0 Å². The van der Waals surface area contributed by atoms with Crippen LogP contribution in [0.25, 0.3) is 5.57 Å². The summed E-state index contributed by atoms with van der Waals surface area (Å²) >= 11 is 17.2. The van der Waals surface area contributed by atoms with Gasteiger partial charge in [0.1, 0.15) is 0 Å². The molecule has 0 saturated carbocycles. The Morgan fingerprint density at radius 3 is 1.88 bits per heavy atom. The summed E-state index contributed by atoms with van der Waals surface area (Å²) in [5, 5.41) is 17.7. The van der Waals surface area contributed by atoms with Crippen molar-refractivity contribution in [3.05, 3.63) is 38.8 Å². The molecule has 2 N–H and O–H groups in total. The number of hydrogen-bond acceptors (Lipinski definition) is 2. The average Bonchev–Trinajstić information content (AvgIpc) is 2.13. The molecule has 0 aliphatic rings. The van der Waals surface area contributed by atoms with Crippen LogP contribution in [-0.2, 0) is 9.59 Å². The number of carboxylic acid groups (broad SMARTS) is 2.